The van der Waals surface area contributed by atoms with Crippen LogP contribution in [0.4, 0.5) is 0 Å². The van der Waals surface area contributed by atoms with Crippen LogP contribution in [0.5, 0.6) is 0 Å². The normalized spacial score (nSPS) is 10.8. The molecule has 0 atom stereocenters. The van der Waals surface area contributed by atoms with Crippen molar-refractivity contribution in [3.8, 4) is 0 Å². The quantitative estimate of drug-likeness (QED) is 0.847. The number of benzene rings is 1. The highest BCUT2D eigenvalue weighted by Gasteiger charge is 2.06. The van der Waals surface area contributed by atoms with E-state index in [4.69, 9.17) is 5.11 Å². The number of likely N-dealkylation sites (N-methyl/N-ethyl adjacent to an activating group) is 1. The van der Waals surface area contributed by atoms with Gasteiger partial charge in [0.25, 0.3) is 0 Å². The molecule has 1 amide bonds. The second-order valence-electron chi connectivity index (χ2n) is 3.53. The van der Waals surface area contributed by atoms with Gasteiger partial charge in [0.05, 0.1) is 6.61 Å². The second kappa shape index (κ2) is 7.25. The number of aliphatic hydroxyl groups excluding tert-OH is 1. The van der Waals surface area contributed by atoms with Gasteiger partial charge in [-0.2, -0.15) is 0 Å². The van der Waals surface area contributed by atoms with Crippen molar-refractivity contribution >= 4 is 27.9 Å². The average Bonchev–Trinajstić information content (AvgIpc) is 2.35. The van der Waals surface area contributed by atoms with E-state index in [2.05, 4.69) is 15.9 Å². The van der Waals surface area contributed by atoms with Gasteiger partial charge in [-0.05, 0) is 30.7 Å². The number of amides is 1. The fraction of sp³-hybridized carbons (Fsp3) is 0.308. The van der Waals surface area contributed by atoms with E-state index >= 15 is 0 Å². The second-order valence-corrected chi connectivity index (χ2v) is 4.44. The van der Waals surface area contributed by atoms with Gasteiger partial charge in [0.2, 0.25) is 5.91 Å². The monoisotopic (exact) mass is 297 g/mol. The van der Waals surface area contributed by atoms with Crippen molar-refractivity contribution in [3.05, 3.63) is 40.4 Å². The topological polar surface area (TPSA) is 40.5 Å². The molecule has 0 radical (unpaired) electrons. The molecule has 0 fully saturated rings. The van der Waals surface area contributed by atoms with Crippen LogP contribution in [0.1, 0.15) is 12.5 Å². The molecule has 92 valence electrons. The molecule has 4 heteroatoms. The zero-order valence-corrected chi connectivity index (χ0v) is 11.4. The summed E-state index contributed by atoms with van der Waals surface area (Å²) in [5.41, 5.74) is 0.974. The summed E-state index contributed by atoms with van der Waals surface area (Å²) in [4.78, 5) is 13.3. The largest absolute Gasteiger partial charge is 0.395 e. The van der Waals surface area contributed by atoms with Crippen molar-refractivity contribution in [2.45, 2.75) is 6.92 Å². The minimum Gasteiger partial charge on any atom is -0.395 e. The number of aliphatic hydroxyl groups is 1. The van der Waals surface area contributed by atoms with Gasteiger partial charge in [0.1, 0.15) is 0 Å². The van der Waals surface area contributed by atoms with Crippen LogP contribution in [0, 0.1) is 0 Å². The Hall–Kier alpha value is -1.13. The first-order valence-corrected chi connectivity index (χ1v) is 6.30. The number of rotatable bonds is 5. The molecule has 0 aliphatic rings. The molecule has 0 saturated carbocycles. The number of carbonyl (C=O) groups excluding carboxylic acids is 1. The highest BCUT2D eigenvalue weighted by molar-refractivity contribution is 9.10. The molecule has 1 aromatic carbocycles. The summed E-state index contributed by atoms with van der Waals surface area (Å²) in [7, 11) is 0. The maximum absolute atomic E-state index is 11.7. The molecule has 0 saturated heterocycles. The molecule has 3 nitrogen and oxygen atoms in total. The van der Waals surface area contributed by atoms with Crippen LogP contribution in [0.2, 0.25) is 0 Å². The summed E-state index contributed by atoms with van der Waals surface area (Å²) in [6.45, 7) is 2.86. The van der Waals surface area contributed by atoms with Crippen molar-refractivity contribution in [1.82, 2.24) is 4.90 Å². The van der Waals surface area contributed by atoms with E-state index in [0.717, 1.165) is 10.0 Å². The predicted octanol–water partition coefficient (Wildman–Crippen LogP) is 2.30. The molecule has 0 heterocycles. The highest BCUT2D eigenvalue weighted by Crippen LogP contribution is 2.11. The predicted molar refractivity (Wildman–Crippen MR) is 72.5 cm³/mol. The Morgan fingerprint density at radius 1 is 1.41 bits per heavy atom. The molecule has 0 aliphatic heterocycles. The third kappa shape index (κ3) is 4.71. The van der Waals surface area contributed by atoms with Crippen molar-refractivity contribution in [2.75, 3.05) is 19.7 Å². The number of hydrogen-bond donors (Lipinski definition) is 1. The minimum absolute atomic E-state index is 0.00823. The molecular formula is C13H16BrNO2. The van der Waals surface area contributed by atoms with Gasteiger partial charge in [-0.1, -0.05) is 28.1 Å². The zero-order valence-electron chi connectivity index (χ0n) is 9.77. The summed E-state index contributed by atoms with van der Waals surface area (Å²) in [6.07, 6.45) is 3.30. The van der Waals surface area contributed by atoms with Gasteiger partial charge in [-0.25, -0.2) is 0 Å². The Bertz CT molecular complexity index is 387. The van der Waals surface area contributed by atoms with Gasteiger partial charge in [-0.15, -0.1) is 0 Å². The first-order valence-electron chi connectivity index (χ1n) is 5.50. The Morgan fingerprint density at radius 3 is 2.59 bits per heavy atom. The minimum atomic E-state index is -0.0792. The van der Waals surface area contributed by atoms with Crippen molar-refractivity contribution < 1.29 is 9.90 Å². The lowest BCUT2D eigenvalue weighted by molar-refractivity contribution is -0.126. The SMILES string of the molecule is CCN(CCO)C(=O)/C=C/c1ccc(Br)cc1. The Labute approximate surface area is 110 Å². The summed E-state index contributed by atoms with van der Waals surface area (Å²) < 4.78 is 1.01. The third-order valence-corrected chi connectivity index (χ3v) is 2.88. The lowest BCUT2D eigenvalue weighted by Crippen LogP contribution is -2.31. The summed E-state index contributed by atoms with van der Waals surface area (Å²) in [5.74, 6) is -0.0792. The molecule has 0 spiro atoms. The lowest BCUT2D eigenvalue weighted by Gasteiger charge is -2.17. The molecule has 1 aromatic rings. The molecule has 0 unspecified atom stereocenters. The maximum Gasteiger partial charge on any atom is 0.246 e. The van der Waals surface area contributed by atoms with E-state index in [-0.39, 0.29) is 12.5 Å². The standard InChI is InChI=1S/C13H16BrNO2/c1-2-15(9-10-16)13(17)8-5-11-3-6-12(14)7-4-11/h3-8,16H,2,9-10H2,1H3/b8-5+. The van der Waals surface area contributed by atoms with E-state index in [1.165, 1.54) is 6.08 Å². The number of carbonyl (C=O) groups is 1. The van der Waals surface area contributed by atoms with E-state index in [1.54, 1.807) is 11.0 Å². The number of hydrogen-bond acceptors (Lipinski definition) is 2. The van der Waals surface area contributed by atoms with Crippen LogP contribution >= 0.6 is 15.9 Å². The fourth-order valence-corrected chi connectivity index (χ4v) is 1.66. The summed E-state index contributed by atoms with van der Waals surface area (Å²) in [6, 6.07) is 7.71. The van der Waals surface area contributed by atoms with Gasteiger partial charge in [0, 0.05) is 23.6 Å². The first-order chi connectivity index (χ1) is 8.17. The van der Waals surface area contributed by atoms with Crippen molar-refractivity contribution in [3.63, 3.8) is 0 Å². The van der Waals surface area contributed by atoms with Gasteiger partial charge in [-0.3, -0.25) is 4.79 Å². The van der Waals surface area contributed by atoms with Crippen LogP contribution in [-0.2, 0) is 4.79 Å². The molecule has 17 heavy (non-hydrogen) atoms. The Kier molecular flexibility index (Phi) is 5.94. The van der Waals surface area contributed by atoms with Crippen molar-refractivity contribution in [2.24, 2.45) is 0 Å². The van der Waals surface area contributed by atoms with Crippen LogP contribution in [0.15, 0.2) is 34.8 Å². The van der Waals surface area contributed by atoms with E-state index < -0.39 is 0 Å². The number of nitrogens with zero attached hydrogens (tertiary/aromatic N) is 1. The molecular weight excluding hydrogens is 282 g/mol. The van der Waals surface area contributed by atoms with Crippen LogP contribution in [0.3, 0.4) is 0 Å². The van der Waals surface area contributed by atoms with Crippen LogP contribution < -0.4 is 0 Å². The zero-order chi connectivity index (χ0) is 12.7. The fourth-order valence-electron chi connectivity index (χ4n) is 1.39. The first kappa shape index (κ1) is 13.9. The summed E-state index contributed by atoms with van der Waals surface area (Å²) >= 11 is 3.35. The maximum atomic E-state index is 11.7. The highest BCUT2D eigenvalue weighted by atomic mass is 79.9. The molecule has 0 aromatic heterocycles. The Balaban J connectivity index is 2.63. The van der Waals surface area contributed by atoms with Gasteiger partial charge < -0.3 is 10.0 Å². The smallest absolute Gasteiger partial charge is 0.246 e. The average molecular weight is 298 g/mol. The number of halogens is 1. The van der Waals surface area contributed by atoms with E-state index in [9.17, 15) is 4.79 Å². The molecule has 0 bridgehead atoms. The van der Waals surface area contributed by atoms with Gasteiger partial charge in [0.15, 0.2) is 0 Å². The van der Waals surface area contributed by atoms with Crippen molar-refractivity contribution in [1.29, 1.82) is 0 Å². The lowest BCUT2D eigenvalue weighted by atomic mass is 10.2. The molecule has 1 rings (SSSR count). The van der Waals surface area contributed by atoms with Gasteiger partial charge >= 0.3 is 0 Å². The Morgan fingerprint density at radius 2 is 2.06 bits per heavy atom. The third-order valence-electron chi connectivity index (χ3n) is 2.35. The van der Waals surface area contributed by atoms with Crippen LogP contribution in [0.25, 0.3) is 6.08 Å². The molecule has 1 N–H and O–H groups in total. The summed E-state index contributed by atoms with van der Waals surface area (Å²) in [5, 5.41) is 8.81. The van der Waals surface area contributed by atoms with E-state index in [1.807, 2.05) is 31.2 Å². The van der Waals surface area contributed by atoms with E-state index in [0.29, 0.717) is 13.1 Å². The van der Waals surface area contributed by atoms with Crippen LogP contribution in [-0.4, -0.2) is 35.6 Å². The molecule has 0 aliphatic carbocycles.